The number of piperidine rings is 1. The molecular weight excluding hydrogens is 398 g/mol. The predicted molar refractivity (Wildman–Crippen MR) is 114 cm³/mol. The number of carbonyl (C=O) groups excluding carboxylic acids is 2. The molecule has 1 amide bonds. The van der Waals surface area contributed by atoms with Crippen molar-refractivity contribution in [2.75, 3.05) is 34.4 Å². The molecule has 7 heteroatoms. The highest BCUT2D eigenvalue weighted by atomic mass is 16.6. The summed E-state index contributed by atoms with van der Waals surface area (Å²) in [5, 5.41) is 0. The van der Waals surface area contributed by atoms with Gasteiger partial charge in [0.25, 0.3) is 0 Å². The molecule has 0 aromatic heterocycles. The molecule has 2 aliphatic rings. The lowest BCUT2D eigenvalue weighted by atomic mass is 9.85. The van der Waals surface area contributed by atoms with E-state index in [0.717, 1.165) is 17.5 Å². The summed E-state index contributed by atoms with van der Waals surface area (Å²) in [6, 6.07) is 11.0. The molecule has 162 valence electrons. The average molecular weight is 423 g/mol. The number of amides is 1. The maximum atomic E-state index is 12.9. The van der Waals surface area contributed by atoms with Gasteiger partial charge in [0.05, 0.1) is 33.4 Å². The number of benzene rings is 2. The standard InChI is InChI=1S/C24H25NO6/c1-28-19-13-16(14-20(29-2)22(19)30-3)9-10-21(26)25-12-6-11-24(15-25)18-8-5-4-7-17(18)23(27)31-24/h4-5,7-10,13-14H,6,11-12,15H2,1-3H3/b10-9+. The van der Waals surface area contributed by atoms with E-state index in [1.165, 1.54) is 6.08 Å². The Morgan fingerprint density at radius 3 is 2.48 bits per heavy atom. The van der Waals surface area contributed by atoms with Gasteiger partial charge in [-0.05, 0) is 42.7 Å². The lowest BCUT2D eigenvalue weighted by molar-refractivity contribution is -0.133. The number of carbonyl (C=O) groups is 2. The van der Waals surface area contributed by atoms with E-state index in [-0.39, 0.29) is 11.9 Å². The first-order chi connectivity index (χ1) is 15.0. The minimum atomic E-state index is -0.762. The second-order valence-electron chi connectivity index (χ2n) is 7.58. The molecule has 1 atom stereocenters. The topological polar surface area (TPSA) is 74.3 Å². The average Bonchev–Trinajstić information content (AvgIpc) is 3.07. The first-order valence-electron chi connectivity index (χ1n) is 10.1. The number of likely N-dealkylation sites (tertiary alicyclic amines) is 1. The van der Waals surface area contributed by atoms with E-state index in [4.69, 9.17) is 18.9 Å². The molecule has 0 N–H and O–H groups in total. The van der Waals surface area contributed by atoms with Crippen molar-refractivity contribution in [3.63, 3.8) is 0 Å². The molecule has 2 aromatic carbocycles. The molecular formula is C24H25NO6. The summed E-state index contributed by atoms with van der Waals surface area (Å²) in [7, 11) is 4.63. The smallest absolute Gasteiger partial charge is 0.339 e. The van der Waals surface area contributed by atoms with Crippen molar-refractivity contribution in [1.82, 2.24) is 4.90 Å². The summed E-state index contributed by atoms with van der Waals surface area (Å²) in [6.45, 7) is 0.952. The van der Waals surface area contributed by atoms with Crippen LogP contribution in [0.25, 0.3) is 6.08 Å². The molecule has 0 saturated carbocycles. The molecule has 2 aromatic rings. The SMILES string of the molecule is COc1cc(/C=C/C(=O)N2CCCC3(C2)OC(=O)c2ccccc23)cc(OC)c1OC. The molecule has 1 spiro atoms. The maximum Gasteiger partial charge on any atom is 0.339 e. The Balaban J connectivity index is 1.55. The molecule has 31 heavy (non-hydrogen) atoms. The van der Waals surface area contributed by atoms with E-state index in [1.54, 1.807) is 50.5 Å². The predicted octanol–water partition coefficient (Wildman–Crippen LogP) is 3.41. The first-order valence-corrected chi connectivity index (χ1v) is 10.1. The largest absolute Gasteiger partial charge is 0.493 e. The monoisotopic (exact) mass is 423 g/mol. The number of hydrogen-bond donors (Lipinski definition) is 0. The fourth-order valence-corrected chi connectivity index (χ4v) is 4.33. The summed E-state index contributed by atoms with van der Waals surface area (Å²) in [5.74, 6) is 1.06. The fraction of sp³-hybridized carbons (Fsp3) is 0.333. The van der Waals surface area contributed by atoms with Crippen LogP contribution in [0.1, 0.15) is 34.3 Å². The highest BCUT2D eigenvalue weighted by molar-refractivity contribution is 5.95. The van der Waals surface area contributed by atoms with Crippen molar-refractivity contribution < 1.29 is 28.5 Å². The van der Waals surface area contributed by atoms with Crippen LogP contribution in [0.4, 0.5) is 0 Å². The molecule has 1 saturated heterocycles. The summed E-state index contributed by atoms with van der Waals surface area (Å²) in [5.41, 5.74) is 1.44. The molecule has 4 rings (SSSR count). The summed E-state index contributed by atoms with van der Waals surface area (Å²) in [4.78, 5) is 27.0. The van der Waals surface area contributed by atoms with E-state index in [1.807, 2.05) is 18.2 Å². The number of ether oxygens (including phenoxy) is 4. The van der Waals surface area contributed by atoms with Crippen LogP contribution in [0.2, 0.25) is 0 Å². The minimum absolute atomic E-state index is 0.145. The molecule has 7 nitrogen and oxygen atoms in total. The van der Waals surface area contributed by atoms with Crippen LogP contribution in [-0.4, -0.2) is 51.2 Å². The van der Waals surface area contributed by atoms with Gasteiger partial charge < -0.3 is 23.8 Å². The molecule has 1 fully saturated rings. The normalized spacial score (nSPS) is 20.0. The van der Waals surface area contributed by atoms with Crippen LogP contribution < -0.4 is 14.2 Å². The highest BCUT2D eigenvalue weighted by Crippen LogP contribution is 2.43. The van der Waals surface area contributed by atoms with Crippen LogP contribution in [0.15, 0.2) is 42.5 Å². The molecule has 1 unspecified atom stereocenters. The van der Waals surface area contributed by atoms with Gasteiger partial charge in [0.2, 0.25) is 11.7 Å². The van der Waals surface area contributed by atoms with Gasteiger partial charge >= 0.3 is 5.97 Å². The van der Waals surface area contributed by atoms with Crippen molar-refractivity contribution in [3.8, 4) is 17.2 Å². The summed E-state index contributed by atoms with van der Waals surface area (Å²) < 4.78 is 21.9. The molecule has 2 aliphatic heterocycles. The number of fused-ring (bicyclic) bond motifs is 2. The lowest BCUT2D eigenvalue weighted by Crippen LogP contribution is -2.48. The van der Waals surface area contributed by atoms with Crippen molar-refractivity contribution in [2.45, 2.75) is 18.4 Å². The van der Waals surface area contributed by atoms with Crippen LogP contribution in [0.3, 0.4) is 0 Å². The van der Waals surface area contributed by atoms with Crippen LogP contribution in [-0.2, 0) is 15.1 Å². The van der Waals surface area contributed by atoms with Crippen LogP contribution >= 0.6 is 0 Å². The second kappa shape index (κ2) is 8.34. The Bertz CT molecular complexity index is 1020. The summed E-state index contributed by atoms with van der Waals surface area (Å²) in [6.07, 6.45) is 4.69. The minimum Gasteiger partial charge on any atom is -0.493 e. The van der Waals surface area contributed by atoms with Gasteiger partial charge in [-0.3, -0.25) is 4.79 Å². The van der Waals surface area contributed by atoms with E-state index in [9.17, 15) is 9.59 Å². The number of hydrogen-bond acceptors (Lipinski definition) is 6. The van der Waals surface area contributed by atoms with Crippen molar-refractivity contribution >= 4 is 18.0 Å². The van der Waals surface area contributed by atoms with Gasteiger partial charge in [-0.25, -0.2) is 4.79 Å². The first kappa shape index (κ1) is 20.8. The zero-order valence-electron chi connectivity index (χ0n) is 17.8. The van der Waals surface area contributed by atoms with E-state index < -0.39 is 5.60 Å². The van der Waals surface area contributed by atoms with Crippen molar-refractivity contribution in [2.24, 2.45) is 0 Å². The second-order valence-corrected chi connectivity index (χ2v) is 7.58. The zero-order chi connectivity index (χ0) is 22.0. The maximum absolute atomic E-state index is 12.9. The molecule has 0 radical (unpaired) electrons. The zero-order valence-corrected chi connectivity index (χ0v) is 17.8. The van der Waals surface area contributed by atoms with Gasteiger partial charge in [-0.2, -0.15) is 0 Å². The van der Waals surface area contributed by atoms with E-state index in [2.05, 4.69) is 0 Å². The fourth-order valence-electron chi connectivity index (χ4n) is 4.33. The number of nitrogens with zero attached hydrogens (tertiary/aromatic N) is 1. The quantitative estimate of drug-likeness (QED) is 0.542. The van der Waals surface area contributed by atoms with Gasteiger partial charge in [-0.1, -0.05) is 18.2 Å². The van der Waals surface area contributed by atoms with Crippen molar-refractivity contribution in [3.05, 3.63) is 59.2 Å². The van der Waals surface area contributed by atoms with Gasteiger partial charge in [0.1, 0.15) is 0 Å². The van der Waals surface area contributed by atoms with Crippen LogP contribution in [0.5, 0.6) is 17.2 Å². The lowest BCUT2D eigenvalue weighted by Gasteiger charge is -2.39. The van der Waals surface area contributed by atoms with Crippen molar-refractivity contribution in [1.29, 1.82) is 0 Å². The number of rotatable bonds is 5. The Hall–Kier alpha value is -3.48. The van der Waals surface area contributed by atoms with Crippen LogP contribution in [0, 0.1) is 0 Å². The van der Waals surface area contributed by atoms with Gasteiger partial charge in [0.15, 0.2) is 17.1 Å². The summed E-state index contributed by atoms with van der Waals surface area (Å²) >= 11 is 0. The third kappa shape index (κ3) is 3.71. The Labute approximate surface area is 181 Å². The van der Waals surface area contributed by atoms with Gasteiger partial charge in [0, 0.05) is 18.2 Å². The van der Waals surface area contributed by atoms with E-state index >= 15 is 0 Å². The number of esters is 1. The Kier molecular flexibility index (Phi) is 5.59. The van der Waals surface area contributed by atoms with E-state index in [0.29, 0.717) is 42.3 Å². The third-order valence-corrected chi connectivity index (χ3v) is 5.80. The number of methoxy groups -OCH3 is 3. The Morgan fingerprint density at radius 2 is 1.81 bits per heavy atom. The molecule has 0 bridgehead atoms. The van der Waals surface area contributed by atoms with Gasteiger partial charge in [-0.15, -0.1) is 0 Å². The molecule has 2 heterocycles. The Morgan fingerprint density at radius 1 is 1.10 bits per heavy atom. The molecule has 0 aliphatic carbocycles. The third-order valence-electron chi connectivity index (χ3n) is 5.80. The highest BCUT2D eigenvalue weighted by Gasteiger charge is 2.48.